The summed E-state index contributed by atoms with van der Waals surface area (Å²) in [6.45, 7) is 7.29. The second-order valence-corrected chi connectivity index (χ2v) is 2.55. The Morgan fingerprint density at radius 3 is 1.80 bits per heavy atom. The minimum absolute atomic E-state index is 0.290. The lowest BCUT2D eigenvalue weighted by molar-refractivity contribution is 0.204. The molecule has 0 aromatic heterocycles. The molecule has 0 aliphatic carbocycles. The lowest BCUT2D eigenvalue weighted by Gasteiger charge is -2.13. The van der Waals surface area contributed by atoms with Gasteiger partial charge in [-0.3, -0.25) is 0 Å². The van der Waals surface area contributed by atoms with Crippen molar-refractivity contribution in [2.24, 2.45) is 5.92 Å². The highest BCUT2D eigenvalue weighted by atomic mass is 16.3. The number of hydrogen-bond donors (Lipinski definition) is 1. The Labute approximate surface area is 64.9 Å². The average Bonchev–Trinajstić information content (AvgIpc) is 1.91. The smallest absolute Gasteiger partial charge is 0.0468 e. The van der Waals surface area contributed by atoms with Gasteiger partial charge >= 0.3 is 0 Å². The van der Waals surface area contributed by atoms with Gasteiger partial charge in [-0.15, -0.1) is 0 Å². The molecule has 0 rings (SSSR count). The number of nitrogens with zero attached hydrogens (tertiary/aromatic N) is 1. The molecule has 1 N–H and O–H groups in total. The van der Waals surface area contributed by atoms with E-state index in [-0.39, 0.29) is 6.61 Å². The van der Waals surface area contributed by atoms with Crippen molar-refractivity contribution in [2.75, 3.05) is 27.2 Å². The van der Waals surface area contributed by atoms with Gasteiger partial charge in [0.2, 0.25) is 0 Å². The van der Waals surface area contributed by atoms with Crippen LogP contribution in [0.5, 0.6) is 0 Å². The number of rotatable bonds is 3. The van der Waals surface area contributed by atoms with Crippen molar-refractivity contribution in [3.05, 3.63) is 0 Å². The van der Waals surface area contributed by atoms with Gasteiger partial charge in [0.15, 0.2) is 0 Å². The quantitative estimate of drug-likeness (QED) is 0.648. The van der Waals surface area contributed by atoms with Crippen LogP contribution in [0.1, 0.15) is 20.8 Å². The van der Waals surface area contributed by atoms with Crippen LogP contribution in [0.2, 0.25) is 0 Å². The maximum Gasteiger partial charge on any atom is 0.0468 e. The van der Waals surface area contributed by atoms with E-state index >= 15 is 0 Å². The van der Waals surface area contributed by atoms with Crippen molar-refractivity contribution in [1.29, 1.82) is 0 Å². The van der Waals surface area contributed by atoms with Crippen LogP contribution in [0.3, 0.4) is 0 Å². The maximum atomic E-state index is 8.56. The molecule has 0 heterocycles. The van der Waals surface area contributed by atoms with Gasteiger partial charge in [0.25, 0.3) is 0 Å². The highest BCUT2D eigenvalue weighted by Gasteiger charge is 1.98. The van der Waals surface area contributed by atoms with E-state index in [0.717, 1.165) is 6.54 Å². The molecule has 2 nitrogen and oxygen atoms in total. The second-order valence-electron chi connectivity index (χ2n) is 2.55. The molecule has 0 amide bonds. The largest absolute Gasteiger partial charge is 0.396 e. The molecule has 0 spiro atoms. The van der Waals surface area contributed by atoms with Gasteiger partial charge < -0.3 is 10.0 Å². The molecule has 0 aliphatic heterocycles. The summed E-state index contributed by atoms with van der Waals surface area (Å²) in [4.78, 5) is 2.07. The van der Waals surface area contributed by atoms with E-state index in [2.05, 4.69) is 4.90 Å². The SMILES string of the molecule is CC.CC(CO)CN(C)C. The van der Waals surface area contributed by atoms with Gasteiger partial charge in [0.1, 0.15) is 0 Å². The van der Waals surface area contributed by atoms with E-state index in [4.69, 9.17) is 5.11 Å². The topological polar surface area (TPSA) is 23.5 Å². The number of aliphatic hydroxyl groups is 1. The molecule has 0 bridgehead atoms. The average molecular weight is 147 g/mol. The fraction of sp³-hybridized carbons (Fsp3) is 1.00. The van der Waals surface area contributed by atoms with Crippen LogP contribution in [0.4, 0.5) is 0 Å². The Balaban J connectivity index is 0. The third-order valence-electron chi connectivity index (χ3n) is 0.988. The molecule has 0 aromatic rings. The molecular weight excluding hydrogens is 126 g/mol. The van der Waals surface area contributed by atoms with E-state index in [0.29, 0.717) is 5.92 Å². The van der Waals surface area contributed by atoms with Crippen molar-refractivity contribution >= 4 is 0 Å². The van der Waals surface area contributed by atoms with Crippen LogP contribution in [0.15, 0.2) is 0 Å². The highest BCUT2D eigenvalue weighted by Crippen LogP contribution is 1.92. The van der Waals surface area contributed by atoms with Gasteiger partial charge in [-0.1, -0.05) is 20.8 Å². The van der Waals surface area contributed by atoms with Crippen LogP contribution in [0.25, 0.3) is 0 Å². The monoisotopic (exact) mass is 147 g/mol. The van der Waals surface area contributed by atoms with E-state index in [1.165, 1.54) is 0 Å². The molecule has 0 radical (unpaired) electrons. The molecule has 0 saturated heterocycles. The lowest BCUT2D eigenvalue weighted by Crippen LogP contribution is -2.21. The van der Waals surface area contributed by atoms with Gasteiger partial charge in [0, 0.05) is 13.2 Å². The van der Waals surface area contributed by atoms with Gasteiger partial charge in [0.05, 0.1) is 0 Å². The lowest BCUT2D eigenvalue weighted by atomic mass is 10.2. The standard InChI is InChI=1S/C6H15NO.C2H6/c1-6(5-8)4-7(2)3;1-2/h6,8H,4-5H2,1-3H3;1-2H3. The van der Waals surface area contributed by atoms with Crippen LogP contribution in [-0.2, 0) is 0 Å². The van der Waals surface area contributed by atoms with E-state index in [1.54, 1.807) is 0 Å². The Bertz CT molecular complexity index is 55.2. The molecular formula is C8H21NO. The summed E-state index contributed by atoms with van der Waals surface area (Å²) in [6.07, 6.45) is 0. The first kappa shape index (κ1) is 12.6. The predicted molar refractivity (Wildman–Crippen MR) is 46.2 cm³/mol. The molecule has 64 valence electrons. The van der Waals surface area contributed by atoms with Gasteiger partial charge in [-0.2, -0.15) is 0 Å². The normalized spacial score (nSPS) is 12.3. The summed E-state index contributed by atoms with van der Waals surface area (Å²) in [5.74, 6) is 0.407. The molecule has 2 heteroatoms. The number of hydrogen-bond acceptors (Lipinski definition) is 2. The summed E-state index contributed by atoms with van der Waals surface area (Å²) in [5.41, 5.74) is 0. The predicted octanol–water partition coefficient (Wildman–Crippen LogP) is 1.20. The zero-order valence-corrected chi connectivity index (χ0v) is 7.89. The van der Waals surface area contributed by atoms with Crippen molar-refractivity contribution < 1.29 is 5.11 Å². The molecule has 1 unspecified atom stereocenters. The van der Waals surface area contributed by atoms with Crippen molar-refractivity contribution in [3.8, 4) is 0 Å². The van der Waals surface area contributed by atoms with Gasteiger partial charge in [-0.05, 0) is 20.0 Å². The zero-order chi connectivity index (χ0) is 8.57. The minimum Gasteiger partial charge on any atom is -0.396 e. The molecule has 0 aromatic carbocycles. The van der Waals surface area contributed by atoms with E-state index in [1.807, 2.05) is 34.9 Å². The van der Waals surface area contributed by atoms with Crippen molar-refractivity contribution in [2.45, 2.75) is 20.8 Å². The fourth-order valence-electron chi connectivity index (χ4n) is 0.681. The first-order chi connectivity index (χ1) is 4.66. The first-order valence-corrected chi connectivity index (χ1v) is 3.92. The van der Waals surface area contributed by atoms with Crippen LogP contribution in [-0.4, -0.2) is 37.3 Å². The zero-order valence-electron chi connectivity index (χ0n) is 7.89. The summed E-state index contributed by atoms with van der Waals surface area (Å²) in [7, 11) is 4.01. The van der Waals surface area contributed by atoms with E-state index < -0.39 is 0 Å². The molecule has 10 heavy (non-hydrogen) atoms. The Kier molecular flexibility index (Phi) is 11.2. The Hall–Kier alpha value is -0.0800. The first-order valence-electron chi connectivity index (χ1n) is 3.92. The van der Waals surface area contributed by atoms with Crippen LogP contribution in [0, 0.1) is 5.92 Å². The second kappa shape index (κ2) is 8.92. The molecule has 0 saturated carbocycles. The third-order valence-corrected chi connectivity index (χ3v) is 0.988. The Morgan fingerprint density at radius 2 is 1.70 bits per heavy atom. The van der Waals surface area contributed by atoms with Gasteiger partial charge in [-0.25, -0.2) is 0 Å². The van der Waals surface area contributed by atoms with Crippen molar-refractivity contribution in [3.63, 3.8) is 0 Å². The van der Waals surface area contributed by atoms with Crippen LogP contribution >= 0.6 is 0 Å². The summed E-state index contributed by atoms with van der Waals surface area (Å²) in [6, 6.07) is 0. The fourth-order valence-corrected chi connectivity index (χ4v) is 0.681. The number of aliphatic hydroxyl groups excluding tert-OH is 1. The van der Waals surface area contributed by atoms with Crippen molar-refractivity contribution in [1.82, 2.24) is 4.90 Å². The van der Waals surface area contributed by atoms with E-state index in [9.17, 15) is 0 Å². The molecule has 1 atom stereocenters. The molecule has 0 fully saturated rings. The molecule has 0 aliphatic rings. The minimum atomic E-state index is 0.290. The summed E-state index contributed by atoms with van der Waals surface area (Å²) >= 11 is 0. The third kappa shape index (κ3) is 10.8. The summed E-state index contributed by atoms with van der Waals surface area (Å²) in [5, 5.41) is 8.56. The Morgan fingerprint density at radius 1 is 1.30 bits per heavy atom. The maximum absolute atomic E-state index is 8.56. The highest BCUT2D eigenvalue weighted by molar-refractivity contribution is 4.51. The summed E-state index contributed by atoms with van der Waals surface area (Å²) < 4.78 is 0. The van der Waals surface area contributed by atoms with Crippen LogP contribution < -0.4 is 0 Å².